The average Bonchev–Trinajstić information content (AvgIpc) is 2.77. The highest BCUT2D eigenvalue weighted by atomic mass is 16.5. The van der Waals surface area contributed by atoms with Crippen molar-refractivity contribution in [1.29, 1.82) is 0 Å². The Labute approximate surface area is 113 Å². The van der Waals surface area contributed by atoms with Crippen LogP contribution in [-0.4, -0.2) is 15.7 Å². The van der Waals surface area contributed by atoms with Gasteiger partial charge in [0, 0.05) is 25.0 Å². The van der Waals surface area contributed by atoms with Gasteiger partial charge < -0.3 is 4.74 Å². The van der Waals surface area contributed by atoms with Crippen molar-refractivity contribution in [3.8, 4) is 5.75 Å². The first-order valence-corrected chi connectivity index (χ1v) is 6.63. The van der Waals surface area contributed by atoms with Gasteiger partial charge in [0.25, 0.3) is 0 Å². The molecule has 0 saturated heterocycles. The van der Waals surface area contributed by atoms with Gasteiger partial charge in [0.15, 0.2) is 0 Å². The van der Waals surface area contributed by atoms with Gasteiger partial charge >= 0.3 is 5.69 Å². The van der Waals surface area contributed by atoms with Crippen molar-refractivity contribution >= 4 is 0 Å². The minimum Gasteiger partial charge on any atom is -0.494 e. The third kappa shape index (κ3) is 3.50. The number of rotatable bonds is 6. The number of imidazole rings is 1. The van der Waals surface area contributed by atoms with E-state index in [0.29, 0.717) is 13.2 Å². The number of hydrogen-bond acceptors (Lipinski definition) is 2. The summed E-state index contributed by atoms with van der Waals surface area (Å²) in [6.45, 7) is 5.31. The van der Waals surface area contributed by atoms with Gasteiger partial charge in [0.1, 0.15) is 5.75 Å². The zero-order valence-corrected chi connectivity index (χ0v) is 11.5. The van der Waals surface area contributed by atoms with Crippen LogP contribution in [0.3, 0.4) is 0 Å². The Balaban J connectivity index is 1.82. The van der Waals surface area contributed by atoms with Gasteiger partial charge in [0.2, 0.25) is 0 Å². The highest BCUT2D eigenvalue weighted by Gasteiger charge is 2.05. The molecule has 2 aromatic rings. The predicted octanol–water partition coefficient (Wildman–Crippen LogP) is 2.70. The molecule has 0 aliphatic heterocycles. The zero-order valence-electron chi connectivity index (χ0n) is 11.5. The summed E-state index contributed by atoms with van der Waals surface area (Å²) in [6, 6.07) is 9.92. The lowest BCUT2D eigenvalue weighted by Gasteiger charge is -2.06. The van der Waals surface area contributed by atoms with Crippen LogP contribution in [0.25, 0.3) is 0 Å². The number of aromatic nitrogens is 2. The monoisotopic (exact) mass is 260 g/mol. The van der Waals surface area contributed by atoms with Crippen LogP contribution in [0.1, 0.15) is 26.3 Å². The van der Waals surface area contributed by atoms with Gasteiger partial charge in [-0.1, -0.05) is 18.2 Å². The largest absolute Gasteiger partial charge is 0.494 e. The molecule has 2 rings (SSSR count). The van der Waals surface area contributed by atoms with Crippen molar-refractivity contribution in [2.24, 2.45) is 0 Å². The summed E-state index contributed by atoms with van der Waals surface area (Å²) < 4.78 is 9.06. The van der Waals surface area contributed by atoms with Crippen LogP contribution in [0.4, 0.5) is 0 Å². The summed E-state index contributed by atoms with van der Waals surface area (Å²) in [4.78, 5) is 12.0. The number of hydrogen-bond donors (Lipinski definition) is 0. The topological polar surface area (TPSA) is 36.2 Å². The van der Waals surface area contributed by atoms with Crippen molar-refractivity contribution in [2.75, 3.05) is 6.61 Å². The van der Waals surface area contributed by atoms with E-state index < -0.39 is 0 Å². The standard InChI is InChI=1S/C15H20N2O2/c1-13(2)17-11-10-16(15(17)18)9-6-12-19-14-7-4-3-5-8-14/h3-5,7-8,10-11,13H,6,9,12H2,1-2H3. The minimum atomic E-state index is 0.0507. The number of benzene rings is 1. The average molecular weight is 260 g/mol. The molecule has 0 atom stereocenters. The molecule has 0 N–H and O–H groups in total. The fraction of sp³-hybridized carbons (Fsp3) is 0.400. The van der Waals surface area contributed by atoms with Gasteiger partial charge in [-0.25, -0.2) is 4.79 Å². The molecule has 0 bridgehead atoms. The third-order valence-electron chi connectivity index (χ3n) is 2.99. The maximum Gasteiger partial charge on any atom is 0.328 e. The zero-order chi connectivity index (χ0) is 13.7. The molecule has 0 aliphatic carbocycles. The lowest BCUT2D eigenvalue weighted by Crippen LogP contribution is -2.25. The van der Waals surface area contributed by atoms with E-state index in [1.54, 1.807) is 9.13 Å². The Bertz CT molecular complexity index is 555. The maximum atomic E-state index is 12.0. The second kappa shape index (κ2) is 6.27. The maximum absolute atomic E-state index is 12.0. The van der Waals surface area contributed by atoms with Crippen molar-refractivity contribution in [2.45, 2.75) is 32.9 Å². The summed E-state index contributed by atoms with van der Waals surface area (Å²) in [6.07, 6.45) is 4.49. The Morgan fingerprint density at radius 3 is 2.53 bits per heavy atom. The first-order chi connectivity index (χ1) is 9.18. The van der Waals surface area contributed by atoms with E-state index in [4.69, 9.17) is 4.74 Å². The van der Waals surface area contributed by atoms with Crippen molar-refractivity contribution in [3.63, 3.8) is 0 Å². The van der Waals surface area contributed by atoms with Crippen LogP contribution in [0.15, 0.2) is 47.5 Å². The van der Waals surface area contributed by atoms with E-state index in [1.807, 2.05) is 56.6 Å². The van der Waals surface area contributed by atoms with Crippen LogP contribution in [-0.2, 0) is 6.54 Å². The molecule has 102 valence electrons. The highest BCUT2D eigenvalue weighted by molar-refractivity contribution is 5.20. The normalized spacial score (nSPS) is 10.9. The van der Waals surface area contributed by atoms with E-state index in [2.05, 4.69) is 0 Å². The SMILES string of the molecule is CC(C)n1ccn(CCCOc2ccccc2)c1=O. The van der Waals surface area contributed by atoms with Crippen LogP contribution < -0.4 is 10.4 Å². The summed E-state index contributed by atoms with van der Waals surface area (Å²) in [5.41, 5.74) is 0.0507. The van der Waals surface area contributed by atoms with Crippen LogP contribution in [0.5, 0.6) is 5.75 Å². The molecule has 1 aromatic carbocycles. The van der Waals surface area contributed by atoms with Gasteiger partial charge in [0.05, 0.1) is 6.61 Å². The van der Waals surface area contributed by atoms with Crippen LogP contribution >= 0.6 is 0 Å². The Kier molecular flexibility index (Phi) is 4.44. The molecule has 0 saturated carbocycles. The van der Waals surface area contributed by atoms with E-state index in [1.165, 1.54) is 0 Å². The predicted molar refractivity (Wildman–Crippen MR) is 75.6 cm³/mol. The first kappa shape index (κ1) is 13.5. The lowest BCUT2D eigenvalue weighted by molar-refractivity contribution is 0.300. The molecular weight excluding hydrogens is 240 g/mol. The lowest BCUT2D eigenvalue weighted by atomic mass is 10.3. The molecule has 0 radical (unpaired) electrons. The van der Waals surface area contributed by atoms with Gasteiger partial charge in [-0.05, 0) is 32.4 Å². The molecule has 19 heavy (non-hydrogen) atoms. The summed E-state index contributed by atoms with van der Waals surface area (Å²) in [5.74, 6) is 0.870. The second-order valence-corrected chi connectivity index (χ2v) is 4.79. The highest BCUT2D eigenvalue weighted by Crippen LogP contribution is 2.08. The molecule has 1 heterocycles. The van der Waals surface area contributed by atoms with Crippen molar-refractivity contribution < 1.29 is 4.74 Å². The Morgan fingerprint density at radius 1 is 1.16 bits per heavy atom. The van der Waals surface area contributed by atoms with Crippen molar-refractivity contribution in [3.05, 3.63) is 53.2 Å². The number of ether oxygens (including phenoxy) is 1. The number of nitrogens with zero attached hydrogens (tertiary/aromatic N) is 2. The summed E-state index contributed by atoms with van der Waals surface area (Å²) in [5, 5.41) is 0. The van der Waals surface area contributed by atoms with E-state index in [9.17, 15) is 4.79 Å². The molecule has 1 aromatic heterocycles. The molecule has 0 amide bonds. The van der Waals surface area contributed by atoms with Gasteiger partial charge in [-0.15, -0.1) is 0 Å². The third-order valence-corrected chi connectivity index (χ3v) is 2.99. The van der Waals surface area contributed by atoms with Gasteiger partial charge in [-0.2, -0.15) is 0 Å². The molecule has 0 spiro atoms. The summed E-state index contributed by atoms with van der Waals surface area (Å²) in [7, 11) is 0. The molecule has 0 unspecified atom stereocenters. The van der Waals surface area contributed by atoms with E-state index in [0.717, 1.165) is 12.2 Å². The smallest absolute Gasteiger partial charge is 0.328 e. The Hall–Kier alpha value is -1.97. The minimum absolute atomic E-state index is 0.0507. The number of aryl methyl sites for hydroxylation is 1. The molecule has 4 heteroatoms. The second-order valence-electron chi connectivity index (χ2n) is 4.79. The van der Waals surface area contributed by atoms with E-state index >= 15 is 0 Å². The molecule has 0 aliphatic rings. The first-order valence-electron chi connectivity index (χ1n) is 6.63. The molecular formula is C15H20N2O2. The van der Waals surface area contributed by atoms with Gasteiger partial charge in [-0.3, -0.25) is 9.13 Å². The van der Waals surface area contributed by atoms with Crippen molar-refractivity contribution in [1.82, 2.24) is 9.13 Å². The van der Waals surface area contributed by atoms with Crippen LogP contribution in [0.2, 0.25) is 0 Å². The fourth-order valence-corrected chi connectivity index (χ4v) is 1.93. The molecule has 4 nitrogen and oxygen atoms in total. The Morgan fingerprint density at radius 2 is 1.89 bits per heavy atom. The molecule has 0 fully saturated rings. The van der Waals surface area contributed by atoms with Crippen LogP contribution in [0, 0.1) is 0 Å². The number of para-hydroxylation sites is 1. The fourth-order valence-electron chi connectivity index (χ4n) is 1.93. The quantitative estimate of drug-likeness (QED) is 0.749. The summed E-state index contributed by atoms with van der Waals surface area (Å²) >= 11 is 0. The van der Waals surface area contributed by atoms with E-state index in [-0.39, 0.29) is 11.7 Å².